The molecule has 1 saturated heterocycles. The summed E-state index contributed by atoms with van der Waals surface area (Å²) >= 11 is 0. The van der Waals surface area contributed by atoms with Crippen molar-refractivity contribution in [3.05, 3.63) is 0 Å². The first-order valence-corrected chi connectivity index (χ1v) is 4.73. The zero-order valence-electron chi connectivity index (χ0n) is 8.16. The molecule has 1 rings (SSSR count). The third kappa shape index (κ3) is 2.73. The van der Waals surface area contributed by atoms with Gasteiger partial charge in [0, 0.05) is 25.7 Å². The van der Waals surface area contributed by atoms with E-state index in [4.69, 9.17) is 5.11 Å². The fourth-order valence-electron chi connectivity index (χ4n) is 1.73. The smallest absolute Gasteiger partial charge is 0.0443 e. The van der Waals surface area contributed by atoms with Gasteiger partial charge in [-0.2, -0.15) is 0 Å². The van der Waals surface area contributed by atoms with Crippen LogP contribution in [0.5, 0.6) is 0 Å². The Kier molecular flexibility index (Phi) is 3.98. The van der Waals surface area contributed by atoms with Crippen LogP contribution in [-0.2, 0) is 0 Å². The maximum atomic E-state index is 8.66. The molecule has 0 aliphatic carbocycles. The van der Waals surface area contributed by atoms with Gasteiger partial charge in [0.1, 0.15) is 0 Å². The van der Waals surface area contributed by atoms with Gasteiger partial charge in [0.25, 0.3) is 0 Å². The summed E-state index contributed by atoms with van der Waals surface area (Å²) in [5.41, 5.74) is 0. The molecule has 0 spiro atoms. The number of rotatable bonds is 4. The summed E-state index contributed by atoms with van der Waals surface area (Å²) < 4.78 is 0. The zero-order chi connectivity index (χ0) is 8.97. The fourth-order valence-corrected chi connectivity index (χ4v) is 1.73. The first kappa shape index (κ1) is 9.96. The Labute approximate surface area is 75.0 Å². The fraction of sp³-hybridized carbons (Fsp3) is 1.00. The van der Waals surface area contributed by atoms with Gasteiger partial charge in [0.2, 0.25) is 0 Å². The van der Waals surface area contributed by atoms with Crippen LogP contribution in [0.25, 0.3) is 0 Å². The molecular formula is C9H20N2O. The van der Waals surface area contributed by atoms with Crippen LogP contribution >= 0.6 is 0 Å². The molecule has 0 saturated carbocycles. The third-order valence-corrected chi connectivity index (χ3v) is 2.61. The van der Waals surface area contributed by atoms with Crippen LogP contribution in [0.2, 0.25) is 0 Å². The summed E-state index contributed by atoms with van der Waals surface area (Å²) in [4.78, 5) is 4.72. The van der Waals surface area contributed by atoms with Gasteiger partial charge in [-0.3, -0.25) is 0 Å². The van der Waals surface area contributed by atoms with E-state index in [-0.39, 0.29) is 0 Å². The van der Waals surface area contributed by atoms with Crippen molar-refractivity contribution >= 4 is 0 Å². The minimum Gasteiger partial charge on any atom is -0.396 e. The van der Waals surface area contributed by atoms with Crippen LogP contribution in [0.3, 0.4) is 0 Å². The first-order valence-electron chi connectivity index (χ1n) is 4.73. The van der Waals surface area contributed by atoms with E-state index in [2.05, 4.69) is 23.9 Å². The second-order valence-electron chi connectivity index (χ2n) is 3.78. The molecule has 1 unspecified atom stereocenters. The first-order chi connectivity index (χ1) is 5.74. The van der Waals surface area contributed by atoms with Gasteiger partial charge in [-0.1, -0.05) is 0 Å². The Balaban J connectivity index is 2.17. The highest BCUT2D eigenvalue weighted by Crippen LogP contribution is 2.12. The van der Waals surface area contributed by atoms with E-state index in [1.165, 1.54) is 19.5 Å². The molecule has 0 aromatic rings. The summed E-state index contributed by atoms with van der Waals surface area (Å²) in [6, 6.07) is 0.726. The second kappa shape index (κ2) is 4.80. The Hall–Kier alpha value is -0.120. The molecule has 1 heterocycles. The number of hydrogen-bond acceptors (Lipinski definition) is 3. The SMILES string of the molecule is CN(C)C1CCN(CCCO)C1. The Bertz CT molecular complexity index is 128. The maximum Gasteiger partial charge on any atom is 0.0443 e. The molecule has 1 atom stereocenters. The standard InChI is InChI=1S/C9H20N2O/c1-10(2)9-4-6-11(8-9)5-3-7-12/h9,12H,3-8H2,1-2H3. The zero-order valence-corrected chi connectivity index (χ0v) is 8.16. The molecule has 0 aromatic heterocycles. The monoisotopic (exact) mass is 172 g/mol. The number of aliphatic hydroxyl groups is 1. The highest BCUT2D eigenvalue weighted by atomic mass is 16.3. The van der Waals surface area contributed by atoms with Crippen molar-refractivity contribution < 1.29 is 5.11 Å². The van der Waals surface area contributed by atoms with Crippen LogP contribution in [0.15, 0.2) is 0 Å². The predicted molar refractivity (Wildman–Crippen MR) is 50.2 cm³/mol. The van der Waals surface area contributed by atoms with Gasteiger partial charge in [-0.05, 0) is 33.5 Å². The summed E-state index contributed by atoms with van der Waals surface area (Å²) in [7, 11) is 4.28. The number of likely N-dealkylation sites (tertiary alicyclic amines) is 1. The van der Waals surface area contributed by atoms with Gasteiger partial charge in [0.15, 0.2) is 0 Å². The highest BCUT2D eigenvalue weighted by Gasteiger charge is 2.22. The van der Waals surface area contributed by atoms with Gasteiger partial charge in [-0.15, -0.1) is 0 Å². The Morgan fingerprint density at radius 2 is 2.25 bits per heavy atom. The van der Waals surface area contributed by atoms with E-state index in [1.807, 2.05) is 0 Å². The van der Waals surface area contributed by atoms with Crippen LogP contribution in [0.4, 0.5) is 0 Å². The normalized spacial score (nSPS) is 25.5. The van der Waals surface area contributed by atoms with Crippen molar-refractivity contribution in [1.82, 2.24) is 9.80 Å². The number of hydrogen-bond donors (Lipinski definition) is 1. The second-order valence-corrected chi connectivity index (χ2v) is 3.78. The molecule has 0 aromatic carbocycles. The minimum atomic E-state index is 0.323. The number of likely N-dealkylation sites (N-methyl/N-ethyl adjacent to an activating group) is 1. The molecule has 1 aliphatic heterocycles. The topological polar surface area (TPSA) is 26.7 Å². The molecule has 3 heteroatoms. The molecule has 1 fully saturated rings. The molecule has 1 N–H and O–H groups in total. The largest absolute Gasteiger partial charge is 0.396 e. The molecule has 0 bridgehead atoms. The molecule has 3 nitrogen and oxygen atoms in total. The van der Waals surface area contributed by atoms with Crippen molar-refractivity contribution in [2.24, 2.45) is 0 Å². The van der Waals surface area contributed by atoms with Crippen molar-refractivity contribution in [1.29, 1.82) is 0 Å². The van der Waals surface area contributed by atoms with Gasteiger partial charge >= 0.3 is 0 Å². The Morgan fingerprint density at radius 3 is 2.75 bits per heavy atom. The lowest BCUT2D eigenvalue weighted by molar-refractivity contribution is 0.232. The van der Waals surface area contributed by atoms with E-state index in [1.54, 1.807) is 0 Å². The molecule has 0 amide bonds. The lowest BCUT2D eigenvalue weighted by atomic mass is 10.2. The van der Waals surface area contributed by atoms with Crippen LogP contribution in [0, 0.1) is 0 Å². The Morgan fingerprint density at radius 1 is 1.50 bits per heavy atom. The summed E-state index contributed by atoms with van der Waals surface area (Å²) in [6.45, 7) is 3.75. The lowest BCUT2D eigenvalue weighted by Gasteiger charge is -2.19. The van der Waals surface area contributed by atoms with E-state index in [0.29, 0.717) is 6.61 Å². The quantitative estimate of drug-likeness (QED) is 0.647. The van der Waals surface area contributed by atoms with E-state index >= 15 is 0 Å². The number of nitrogens with zero attached hydrogens (tertiary/aromatic N) is 2. The average molecular weight is 172 g/mol. The van der Waals surface area contributed by atoms with Crippen molar-refractivity contribution in [3.63, 3.8) is 0 Å². The van der Waals surface area contributed by atoms with Crippen LogP contribution in [-0.4, -0.2) is 61.3 Å². The minimum absolute atomic E-state index is 0.323. The van der Waals surface area contributed by atoms with Crippen LogP contribution in [0.1, 0.15) is 12.8 Å². The molecule has 72 valence electrons. The highest BCUT2D eigenvalue weighted by molar-refractivity contribution is 4.80. The van der Waals surface area contributed by atoms with E-state index in [0.717, 1.165) is 19.0 Å². The maximum absolute atomic E-state index is 8.66. The molecule has 1 aliphatic rings. The molecular weight excluding hydrogens is 152 g/mol. The third-order valence-electron chi connectivity index (χ3n) is 2.61. The number of aliphatic hydroxyl groups excluding tert-OH is 1. The van der Waals surface area contributed by atoms with Crippen molar-refractivity contribution in [3.8, 4) is 0 Å². The average Bonchev–Trinajstić information content (AvgIpc) is 2.48. The summed E-state index contributed by atoms with van der Waals surface area (Å²) in [5.74, 6) is 0. The summed E-state index contributed by atoms with van der Waals surface area (Å²) in [5, 5.41) is 8.66. The van der Waals surface area contributed by atoms with Gasteiger partial charge < -0.3 is 14.9 Å². The van der Waals surface area contributed by atoms with E-state index < -0.39 is 0 Å². The van der Waals surface area contributed by atoms with Crippen molar-refractivity contribution in [2.45, 2.75) is 18.9 Å². The van der Waals surface area contributed by atoms with E-state index in [9.17, 15) is 0 Å². The van der Waals surface area contributed by atoms with Crippen molar-refractivity contribution in [2.75, 3.05) is 40.3 Å². The van der Waals surface area contributed by atoms with Crippen LogP contribution < -0.4 is 0 Å². The lowest BCUT2D eigenvalue weighted by Crippen LogP contribution is -2.32. The molecule has 12 heavy (non-hydrogen) atoms. The molecule has 0 radical (unpaired) electrons. The predicted octanol–water partition coefficient (Wildman–Crippen LogP) is 0.00470. The van der Waals surface area contributed by atoms with Gasteiger partial charge in [0.05, 0.1) is 0 Å². The van der Waals surface area contributed by atoms with Gasteiger partial charge in [-0.25, -0.2) is 0 Å². The summed E-state index contributed by atoms with van der Waals surface area (Å²) in [6.07, 6.45) is 2.19.